The number of benzene rings is 2. The van der Waals surface area contributed by atoms with Crippen molar-refractivity contribution in [2.75, 3.05) is 0 Å². The molecule has 0 fully saturated rings. The van der Waals surface area contributed by atoms with Crippen molar-refractivity contribution in [2.45, 2.75) is 38.2 Å². The van der Waals surface area contributed by atoms with Crippen LogP contribution in [-0.4, -0.2) is 35.8 Å². The Labute approximate surface area is 214 Å². The van der Waals surface area contributed by atoms with E-state index >= 15 is 4.39 Å². The first kappa shape index (κ1) is 23.3. The topological polar surface area (TPSA) is 92.5 Å². The fraction of sp³-hybridized carbons (Fsp3) is 0.310. The lowest BCUT2D eigenvalue weighted by Crippen LogP contribution is -2.47. The summed E-state index contributed by atoms with van der Waals surface area (Å²) < 4.78 is 18.7. The zero-order valence-corrected chi connectivity index (χ0v) is 20.9. The Hall–Kier alpha value is -4.09. The van der Waals surface area contributed by atoms with Crippen LogP contribution in [-0.2, 0) is 18.9 Å². The zero-order valence-electron chi connectivity index (χ0n) is 20.9. The summed E-state index contributed by atoms with van der Waals surface area (Å²) in [5, 5.41) is 34.6. The van der Waals surface area contributed by atoms with E-state index < -0.39 is 11.5 Å². The average molecular weight is 495 g/mol. The summed E-state index contributed by atoms with van der Waals surface area (Å²) in [6, 6.07) is 18.7. The highest BCUT2D eigenvalue weighted by Crippen LogP contribution is 2.53. The minimum Gasteiger partial charge on any atom is -0.387 e. The van der Waals surface area contributed by atoms with Gasteiger partial charge in [-0.2, -0.15) is 10.4 Å². The highest BCUT2D eigenvalue weighted by molar-refractivity contribution is 5.68. The van der Waals surface area contributed by atoms with Gasteiger partial charge in [-0.3, -0.25) is 4.57 Å². The van der Waals surface area contributed by atoms with Crippen LogP contribution in [0.4, 0.5) is 4.39 Å². The van der Waals surface area contributed by atoms with E-state index in [1.165, 1.54) is 6.07 Å². The maximum absolute atomic E-state index is 15.0. The van der Waals surface area contributed by atoms with Gasteiger partial charge in [0, 0.05) is 29.2 Å². The van der Waals surface area contributed by atoms with E-state index in [0.29, 0.717) is 35.0 Å². The van der Waals surface area contributed by atoms with Crippen molar-refractivity contribution in [3.63, 3.8) is 0 Å². The second-order valence-corrected chi connectivity index (χ2v) is 10.3. The monoisotopic (exact) mass is 494 g/mol. The van der Waals surface area contributed by atoms with Crippen molar-refractivity contribution in [1.82, 2.24) is 24.5 Å². The number of aliphatic hydroxyl groups excluding tert-OH is 1. The number of aliphatic hydroxyl groups is 1. The van der Waals surface area contributed by atoms with Crippen LogP contribution in [0.3, 0.4) is 0 Å². The molecule has 6 rings (SSSR count). The van der Waals surface area contributed by atoms with E-state index in [2.05, 4.69) is 23.2 Å². The van der Waals surface area contributed by atoms with Crippen LogP contribution in [0.1, 0.15) is 31.5 Å². The predicted octanol–water partition coefficient (Wildman–Crippen LogP) is 4.75. The second-order valence-electron chi connectivity index (χ2n) is 10.3. The van der Waals surface area contributed by atoms with Gasteiger partial charge < -0.3 is 5.11 Å². The van der Waals surface area contributed by atoms with Crippen LogP contribution in [0.2, 0.25) is 0 Å². The van der Waals surface area contributed by atoms with Gasteiger partial charge in [0.05, 0.1) is 29.1 Å². The summed E-state index contributed by atoms with van der Waals surface area (Å²) in [5.74, 6) is 0.789. The van der Waals surface area contributed by atoms with Gasteiger partial charge in [0.15, 0.2) is 5.82 Å². The highest BCUT2D eigenvalue weighted by Gasteiger charge is 2.51. The number of aromatic nitrogens is 5. The minimum atomic E-state index is -0.813. The SMILES string of the molecule is C[C@H]1C(O)C(C#N)=C[C@@]2(C)c3c(c(-c4ccccc4F)nn3-c3nnc(-c4ccccc4)n3C)CC[C@H]12. The summed E-state index contributed by atoms with van der Waals surface area (Å²) >= 11 is 0. The molecule has 2 aromatic heterocycles. The Kier molecular flexibility index (Phi) is 5.35. The van der Waals surface area contributed by atoms with Gasteiger partial charge in [-0.15, -0.1) is 10.2 Å². The van der Waals surface area contributed by atoms with E-state index in [-0.39, 0.29) is 17.7 Å². The van der Waals surface area contributed by atoms with E-state index in [1.807, 2.05) is 54.9 Å². The molecule has 2 aliphatic carbocycles. The Morgan fingerprint density at radius 1 is 1.11 bits per heavy atom. The average Bonchev–Trinajstić information content (AvgIpc) is 3.48. The zero-order chi connectivity index (χ0) is 25.9. The highest BCUT2D eigenvalue weighted by atomic mass is 19.1. The smallest absolute Gasteiger partial charge is 0.252 e. The predicted molar refractivity (Wildman–Crippen MR) is 137 cm³/mol. The van der Waals surface area contributed by atoms with Crippen LogP contribution in [0, 0.1) is 29.0 Å². The number of hydrogen-bond donors (Lipinski definition) is 1. The Bertz CT molecular complexity index is 1580. The van der Waals surface area contributed by atoms with Crippen LogP contribution < -0.4 is 0 Å². The fourth-order valence-corrected chi connectivity index (χ4v) is 6.37. The van der Waals surface area contributed by atoms with E-state index in [0.717, 1.165) is 23.2 Å². The fourth-order valence-electron chi connectivity index (χ4n) is 6.37. The number of halogens is 1. The molecule has 7 nitrogen and oxygen atoms in total. The van der Waals surface area contributed by atoms with Gasteiger partial charge in [0.25, 0.3) is 5.95 Å². The summed E-state index contributed by atoms with van der Waals surface area (Å²) in [6.07, 6.45) is 2.54. The number of allylic oxidation sites excluding steroid dienone is 1. The third kappa shape index (κ3) is 3.38. The van der Waals surface area contributed by atoms with Crippen molar-refractivity contribution in [2.24, 2.45) is 18.9 Å². The molecule has 186 valence electrons. The molecule has 1 unspecified atom stereocenters. The molecule has 4 atom stereocenters. The van der Waals surface area contributed by atoms with Crippen LogP contribution in [0.25, 0.3) is 28.6 Å². The van der Waals surface area contributed by atoms with Crippen LogP contribution in [0.5, 0.6) is 0 Å². The van der Waals surface area contributed by atoms with Crippen LogP contribution in [0.15, 0.2) is 66.2 Å². The third-order valence-corrected chi connectivity index (χ3v) is 8.21. The number of rotatable bonds is 3. The maximum Gasteiger partial charge on any atom is 0.252 e. The molecule has 2 aliphatic rings. The molecule has 8 heteroatoms. The largest absolute Gasteiger partial charge is 0.387 e. The van der Waals surface area contributed by atoms with Gasteiger partial charge in [0.1, 0.15) is 5.82 Å². The number of fused-ring (bicyclic) bond motifs is 3. The lowest BCUT2D eigenvalue weighted by atomic mass is 9.57. The second kappa shape index (κ2) is 8.49. The molecule has 1 N–H and O–H groups in total. The lowest BCUT2D eigenvalue weighted by Gasteiger charge is -2.47. The van der Waals surface area contributed by atoms with E-state index in [4.69, 9.17) is 5.10 Å². The molecule has 0 radical (unpaired) electrons. The molecule has 2 heterocycles. The third-order valence-electron chi connectivity index (χ3n) is 8.21. The lowest BCUT2D eigenvalue weighted by molar-refractivity contribution is 0.0663. The summed E-state index contributed by atoms with van der Waals surface area (Å²) in [6.45, 7) is 4.09. The van der Waals surface area contributed by atoms with E-state index in [9.17, 15) is 10.4 Å². The van der Waals surface area contributed by atoms with Gasteiger partial charge in [-0.1, -0.05) is 62.4 Å². The Balaban J connectivity index is 1.64. The summed E-state index contributed by atoms with van der Waals surface area (Å²) in [5.41, 5.74) is 3.45. The van der Waals surface area contributed by atoms with Crippen molar-refractivity contribution in [3.8, 4) is 34.7 Å². The molecule has 0 bridgehead atoms. The number of hydrogen-bond acceptors (Lipinski definition) is 5. The molecule has 0 spiro atoms. The van der Waals surface area contributed by atoms with Gasteiger partial charge in [-0.05, 0) is 36.8 Å². The summed E-state index contributed by atoms with van der Waals surface area (Å²) in [4.78, 5) is 0. The molecule has 4 aromatic rings. The van der Waals surface area contributed by atoms with Crippen molar-refractivity contribution >= 4 is 0 Å². The van der Waals surface area contributed by atoms with Gasteiger partial charge in [0.2, 0.25) is 0 Å². The van der Waals surface area contributed by atoms with Crippen molar-refractivity contribution in [3.05, 3.63) is 83.3 Å². The minimum absolute atomic E-state index is 0.0674. The molecule has 0 amide bonds. The number of nitrogens with zero attached hydrogens (tertiary/aromatic N) is 6. The standard InChI is InChI=1S/C29H27FN6O/c1-17-22-14-13-21-24(20-11-7-8-12-23(20)30)34-36(26(21)29(22,2)15-19(16-31)25(17)37)28-33-32-27(35(28)3)18-9-5-4-6-10-18/h4-12,15,17,22,25,37H,13-14H2,1-3H3/t17-,22-,25?,29-/m1/s1. The Morgan fingerprint density at radius 2 is 1.84 bits per heavy atom. The molecule has 37 heavy (non-hydrogen) atoms. The maximum atomic E-state index is 15.0. The molecular weight excluding hydrogens is 467 g/mol. The summed E-state index contributed by atoms with van der Waals surface area (Å²) in [7, 11) is 1.89. The van der Waals surface area contributed by atoms with Gasteiger partial charge >= 0.3 is 0 Å². The van der Waals surface area contributed by atoms with Crippen molar-refractivity contribution < 1.29 is 9.50 Å². The Morgan fingerprint density at radius 3 is 2.57 bits per heavy atom. The first-order valence-corrected chi connectivity index (χ1v) is 12.5. The quantitative estimate of drug-likeness (QED) is 0.444. The first-order valence-electron chi connectivity index (χ1n) is 12.5. The first-order chi connectivity index (χ1) is 17.8. The van der Waals surface area contributed by atoms with Crippen LogP contribution >= 0.6 is 0 Å². The van der Waals surface area contributed by atoms with Gasteiger partial charge in [-0.25, -0.2) is 9.07 Å². The molecule has 2 aromatic carbocycles. The molecule has 0 aliphatic heterocycles. The number of nitriles is 1. The van der Waals surface area contributed by atoms with Crippen molar-refractivity contribution in [1.29, 1.82) is 5.26 Å². The molecule has 0 saturated carbocycles. The molecule has 0 saturated heterocycles. The normalized spacial score (nSPS) is 24.6. The molecular formula is C29H27FN6O. The van der Waals surface area contributed by atoms with E-state index in [1.54, 1.807) is 22.9 Å².